The summed E-state index contributed by atoms with van der Waals surface area (Å²) in [5.74, 6) is 2.68. The van der Waals surface area contributed by atoms with E-state index in [0.29, 0.717) is 42.1 Å². The highest BCUT2D eigenvalue weighted by atomic mass is 16.5. The van der Waals surface area contributed by atoms with Gasteiger partial charge in [-0.2, -0.15) is 0 Å². The number of aliphatic hydroxyl groups is 1. The predicted molar refractivity (Wildman–Crippen MR) is 120 cm³/mol. The highest BCUT2D eigenvalue weighted by Gasteiger charge is 2.44. The van der Waals surface area contributed by atoms with Crippen LogP contribution in [0.3, 0.4) is 0 Å². The van der Waals surface area contributed by atoms with E-state index in [1.165, 1.54) is 5.56 Å². The summed E-state index contributed by atoms with van der Waals surface area (Å²) in [5.41, 5.74) is 2.35. The average Bonchev–Trinajstić information content (AvgIpc) is 3.17. The van der Waals surface area contributed by atoms with Crippen LogP contribution in [-0.2, 0) is 11.2 Å². The van der Waals surface area contributed by atoms with Gasteiger partial charge in [0.1, 0.15) is 6.10 Å². The lowest BCUT2D eigenvalue weighted by molar-refractivity contribution is -0.129. The summed E-state index contributed by atoms with van der Waals surface area (Å²) in [7, 11) is 1.62. The Morgan fingerprint density at radius 3 is 2.32 bits per heavy atom. The van der Waals surface area contributed by atoms with E-state index in [2.05, 4.69) is 38.1 Å². The van der Waals surface area contributed by atoms with Crippen LogP contribution in [0, 0.1) is 11.8 Å². The number of nitrogens with zero attached hydrogens (tertiary/aromatic N) is 1. The molecule has 1 amide bonds. The quantitative estimate of drug-likeness (QED) is 0.762. The minimum atomic E-state index is -0.537. The number of para-hydroxylation sites is 2. The summed E-state index contributed by atoms with van der Waals surface area (Å²) in [6.07, 6.45) is 1.02. The van der Waals surface area contributed by atoms with Crippen LogP contribution in [0.15, 0.2) is 48.5 Å². The third-order valence-electron chi connectivity index (χ3n) is 6.79. The van der Waals surface area contributed by atoms with Crippen molar-refractivity contribution < 1.29 is 19.4 Å². The topological polar surface area (TPSA) is 59.0 Å². The van der Waals surface area contributed by atoms with Gasteiger partial charge in [-0.05, 0) is 53.9 Å². The van der Waals surface area contributed by atoms with Crippen LogP contribution in [0.25, 0.3) is 0 Å². The van der Waals surface area contributed by atoms with Gasteiger partial charge >= 0.3 is 0 Å². The minimum absolute atomic E-state index is 0.170. The zero-order chi connectivity index (χ0) is 22.0. The second-order valence-corrected chi connectivity index (χ2v) is 9.24. The number of benzene rings is 2. The Morgan fingerprint density at radius 2 is 1.68 bits per heavy atom. The molecule has 0 unspecified atom stereocenters. The molecule has 1 saturated heterocycles. The lowest BCUT2D eigenvalue weighted by atomic mass is 9.78. The van der Waals surface area contributed by atoms with Crippen LogP contribution in [0.5, 0.6) is 11.5 Å². The Kier molecular flexibility index (Phi) is 6.51. The smallest absolute Gasteiger partial charge is 0.227 e. The van der Waals surface area contributed by atoms with Gasteiger partial charge < -0.3 is 19.5 Å². The molecule has 4 rings (SSSR count). The minimum Gasteiger partial charge on any atom is -0.493 e. The first kappa shape index (κ1) is 21.7. The molecule has 5 heteroatoms. The van der Waals surface area contributed by atoms with Gasteiger partial charge in [0.15, 0.2) is 11.5 Å². The summed E-state index contributed by atoms with van der Waals surface area (Å²) in [6, 6.07) is 15.9. The number of fused-ring (bicyclic) bond motifs is 1. The van der Waals surface area contributed by atoms with Crippen LogP contribution in [-0.4, -0.2) is 48.3 Å². The number of carbonyl (C=O) groups is 1. The first-order chi connectivity index (χ1) is 14.9. The zero-order valence-electron chi connectivity index (χ0n) is 18.7. The molecule has 1 aliphatic heterocycles. The Bertz CT molecular complexity index is 895. The van der Waals surface area contributed by atoms with Gasteiger partial charge in [0.05, 0.1) is 19.6 Å². The van der Waals surface area contributed by atoms with Crippen molar-refractivity contribution in [2.45, 2.75) is 51.2 Å². The van der Waals surface area contributed by atoms with Crippen molar-refractivity contribution in [3.8, 4) is 11.5 Å². The summed E-state index contributed by atoms with van der Waals surface area (Å²) in [5, 5.41) is 10.7. The maximum Gasteiger partial charge on any atom is 0.227 e. The molecule has 166 valence electrons. The first-order valence-electron chi connectivity index (χ1n) is 11.3. The van der Waals surface area contributed by atoms with E-state index in [0.717, 1.165) is 25.1 Å². The average molecular weight is 424 g/mol. The largest absolute Gasteiger partial charge is 0.493 e. The molecule has 1 heterocycles. The highest BCUT2D eigenvalue weighted by molar-refractivity contribution is 5.79. The van der Waals surface area contributed by atoms with E-state index in [9.17, 15) is 9.90 Å². The van der Waals surface area contributed by atoms with Gasteiger partial charge in [-0.1, -0.05) is 50.2 Å². The number of hydrogen-bond donors (Lipinski definition) is 1. The molecule has 0 bridgehead atoms. The molecule has 1 aliphatic carbocycles. The Labute approximate surface area is 185 Å². The molecule has 0 spiro atoms. The molecule has 5 nitrogen and oxygen atoms in total. The number of aliphatic hydroxyl groups excluding tert-OH is 1. The molecule has 0 aromatic heterocycles. The van der Waals surface area contributed by atoms with Gasteiger partial charge in [0.2, 0.25) is 5.91 Å². The highest BCUT2D eigenvalue weighted by Crippen LogP contribution is 2.39. The maximum absolute atomic E-state index is 12.9. The van der Waals surface area contributed by atoms with Crippen molar-refractivity contribution in [1.82, 2.24) is 4.90 Å². The summed E-state index contributed by atoms with van der Waals surface area (Å²) >= 11 is 0. The number of carbonyl (C=O) groups excluding carboxylic acids is 1. The molecule has 2 aromatic carbocycles. The molecule has 0 radical (unpaired) electrons. The van der Waals surface area contributed by atoms with E-state index in [1.807, 2.05) is 29.2 Å². The fourth-order valence-corrected chi connectivity index (χ4v) is 4.91. The van der Waals surface area contributed by atoms with Crippen molar-refractivity contribution in [2.75, 3.05) is 20.2 Å². The van der Waals surface area contributed by atoms with E-state index in [1.54, 1.807) is 7.11 Å². The van der Waals surface area contributed by atoms with E-state index in [-0.39, 0.29) is 12.0 Å². The molecule has 2 fully saturated rings. The summed E-state index contributed by atoms with van der Waals surface area (Å²) in [4.78, 5) is 14.9. The van der Waals surface area contributed by atoms with Crippen molar-refractivity contribution >= 4 is 5.91 Å². The molecular weight excluding hydrogens is 390 g/mol. The van der Waals surface area contributed by atoms with Gasteiger partial charge in [-0.15, -0.1) is 0 Å². The number of hydrogen-bond acceptors (Lipinski definition) is 4. The van der Waals surface area contributed by atoms with Crippen LogP contribution >= 0.6 is 0 Å². The van der Waals surface area contributed by atoms with E-state index in [4.69, 9.17) is 9.47 Å². The monoisotopic (exact) mass is 423 g/mol. The third kappa shape index (κ3) is 4.87. The van der Waals surface area contributed by atoms with Crippen molar-refractivity contribution in [2.24, 2.45) is 11.8 Å². The second kappa shape index (κ2) is 9.31. The Hall–Kier alpha value is -2.53. The van der Waals surface area contributed by atoms with E-state index < -0.39 is 6.10 Å². The molecule has 2 aliphatic rings. The van der Waals surface area contributed by atoms with Crippen molar-refractivity contribution in [3.63, 3.8) is 0 Å². The van der Waals surface area contributed by atoms with Gasteiger partial charge in [-0.3, -0.25) is 4.79 Å². The lowest BCUT2D eigenvalue weighted by Crippen LogP contribution is -2.42. The van der Waals surface area contributed by atoms with Crippen LogP contribution in [0.2, 0.25) is 0 Å². The third-order valence-corrected chi connectivity index (χ3v) is 6.79. The Morgan fingerprint density at radius 1 is 1.03 bits per heavy atom. The fraction of sp³-hybridized carbons (Fsp3) is 0.500. The SMILES string of the molecule is COc1ccccc1O[C@@H]1C[C@@H]2CN(C(=O)Cc3ccc(C(C)C)cc3)C[C@@H]2C[C@H]1O. The second-order valence-electron chi connectivity index (χ2n) is 9.24. The Balaban J connectivity index is 1.36. The molecule has 1 N–H and O–H groups in total. The molecule has 1 saturated carbocycles. The van der Waals surface area contributed by atoms with Crippen molar-refractivity contribution in [3.05, 3.63) is 59.7 Å². The van der Waals surface area contributed by atoms with Crippen LogP contribution < -0.4 is 9.47 Å². The number of methoxy groups -OCH3 is 1. The summed E-state index contributed by atoms with van der Waals surface area (Å²) < 4.78 is 11.5. The van der Waals surface area contributed by atoms with Gasteiger partial charge in [0, 0.05) is 13.1 Å². The zero-order valence-corrected chi connectivity index (χ0v) is 18.7. The molecule has 2 aromatic rings. The van der Waals surface area contributed by atoms with Crippen LogP contribution in [0.4, 0.5) is 0 Å². The standard InChI is InChI=1S/C26H33NO4/c1-17(2)19-10-8-18(9-11-19)12-26(29)27-15-20-13-22(28)25(14-21(20)16-27)31-24-7-5-4-6-23(24)30-3/h4-11,17,20-22,25,28H,12-16H2,1-3H3/t20-,21+,22+,25+/m0/s1. The van der Waals surface area contributed by atoms with Crippen LogP contribution in [0.1, 0.15) is 43.7 Å². The maximum atomic E-state index is 12.9. The number of likely N-dealkylation sites (tertiary alicyclic amines) is 1. The molecule has 31 heavy (non-hydrogen) atoms. The normalized spacial score (nSPS) is 25.4. The molecule has 4 atom stereocenters. The predicted octanol–water partition coefficient (Wildman–Crippen LogP) is 4.04. The van der Waals surface area contributed by atoms with Gasteiger partial charge in [0.25, 0.3) is 0 Å². The number of ether oxygens (including phenoxy) is 2. The lowest BCUT2D eigenvalue weighted by Gasteiger charge is -2.35. The summed E-state index contributed by atoms with van der Waals surface area (Å²) in [6.45, 7) is 5.81. The number of amides is 1. The number of rotatable bonds is 6. The fourth-order valence-electron chi connectivity index (χ4n) is 4.91. The van der Waals surface area contributed by atoms with E-state index >= 15 is 0 Å². The molecular formula is C26H33NO4. The first-order valence-corrected chi connectivity index (χ1v) is 11.3. The van der Waals surface area contributed by atoms with Crippen molar-refractivity contribution in [1.29, 1.82) is 0 Å². The van der Waals surface area contributed by atoms with Gasteiger partial charge in [-0.25, -0.2) is 0 Å².